The normalized spacial score (nSPS) is 9.31. The van der Waals surface area contributed by atoms with Gasteiger partial charge in [-0.25, -0.2) is 9.21 Å². The molecule has 0 aliphatic rings. The molecule has 0 N–H and O–H groups in total. The fraction of sp³-hybridized carbons (Fsp3) is 0.100. The molecule has 0 radical (unpaired) electrons. The molecule has 0 saturated carbocycles. The zero-order chi connectivity index (χ0) is 12.0. The number of benzene rings is 1. The molecular weight excluding hydrogens is 234 g/mol. The third-order valence-electron chi connectivity index (χ3n) is 1.57. The summed E-state index contributed by atoms with van der Waals surface area (Å²) in [6.45, 7) is -0.517. The zero-order valence-electron chi connectivity index (χ0n) is 8.13. The number of hydrogen-bond donors (Lipinski definition) is 0. The van der Waals surface area contributed by atoms with Crippen molar-refractivity contribution in [3.8, 4) is 5.75 Å². The molecule has 5 nitrogen and oxygen atoms in total. The molecular formula is C10H8ClNO4. The average Bonchev–Trinajstić information content (AvgIpc) is 2.30. The first-order valence-corrected chi connectivity index (χ1v) is 4.65. The Morgan fingerprint density at radius 3 is 2.50 bits per heavy atom. The molecule has 84 valence electrons. The van der Waals surface area contributed by atoms with Gasteiger partial charge in [-0.1, -0.05) is 18.2 Å². The van der Waals surface area contributed by atoms with Crippen LogP contribution in [0.2, 0.25) is 0 Å². The minimum absolute atomic E-state index is 0.0885. The van der Waals surface area contributed by atoms with E-state index in [-0.39, 0.29) is 6.29 Å². The van der Waals surface area contributed by atoms with Crippen molar-refractivity contribution in [3.05, 3.63) is 30.3 Å². The average molecular weight is 242 g/mol. The minimum atomic E-state index is -0.914. The molecule has 6 heteroatoms. The largest absolute Gasteiger partial charge is 0.430 e. The number of halogens is 1. The summed E-state index contributed by atoms with van der Waals surface area (Å²) in [7, 11) is 0. The smallest absolute Gasteiger partial charge is 0.409 e. The van der Waals surface area contributed by atoms with E-state index in [2.05, 4.69) is 0 Å². The monoisotopic (exact) mass is 241 g/mol. The third-order valence-corrected chi connectivity index (χ3v) is 1.83. The zero-order valence-corrected chi connectivity index (χ0v) is 8.89. The van der Waals surface area contributed by atoms with Gasteiger partial charge in [0.25, 0.3) is 0 Å². The Morgan fingerprint density at radius 1 is 1.31 bits per heavy atom. The number of amides is 1. The van der Waals surface area contributed by atoms with Gasteiger partial charge < -0.3 is 4.74 Å². The van der Waals surface area contributed by atoms with E-state index < -0.39 is 18.4 Å². The molecule has 1 rings (SSSR count). The summed E-state index contributed by atoms with van der Waals surface area (Å²) in [6.07, 6.45) is -0.825. The second-order valence-electron chi connectivity index (χ2n) is 2.79. The second-order valence-corrected chi connectivity index (χ2v) is 3.19. The molecule has 0 heterocycles. The number of Topliss-reactive ketones (excluding diaryl/α,β-unsaturated/α-hetero) is 1. The van der Waals surface area contributed by atoms with E-state index in [4.69, 9.17) is 16.5 Å². The van der Waals surface area contributed by atoms with Gasteiger partial charge in [0.15, 0.2) is 6.29 Å². The molecule has 0 bridgehead atoms. The molecule has 0 saturated heterocycles. The molecule has 1 amide bonds. The number of carbonyl (C=O) groups excluding carboxylic acids is 3. The molecule has 0 spiro atoms. The van der Waals surface area contributed by atoms with Gasteiger partial charge in [-0.2, -0.15) is 0 Å². The van der Waals surface area contributed by atoms with E-state index in [1.165, 1.54) is 0 Å². The molecule has 1 aromatic carbocycles. The summed E-state index contributed by atoms with van der Waals surface area (Å²) in [5.41, 5.74) is 0. The molecule has 0 unspecified atom stereocenters. The Hall–Kier alpha value is -1.88. The van der Waals surface area contributed by atoms with Crippen LogP contribution in [0.3, 0.4) is 0 Å². The number of aldehydes is 1. The lowest BCUT2D eigenvalue weighted by Gasteiger charge is -2.11. The second kappa shape index (κ2) is 5.87. The fourth-order valence-electron chi connectivity index (χ4n) is 0.878. The standard InChI is InChI=1S/C10H8ClNO4/c11-12(6-8(14)7-13)10(15)16-9-4-2-1-3-5-9/h1-5,7H,6H2. The molecule has 0 atom stereocenters. The Morgan fingerprint density at radius 2 is 1.94 bits per heavy atom. The van der Waals surface area contributed by atoms with Crippen molar-refractivity contribution in [2.45, 2.75) is 0 Å². The van der Waals surface area contributed by atoms with Crippen molar-refractivity contribution in [1.29, 1.82) is 0 Å². The number of para-hydroxylation sites is 1. The topological polar surface area (TPSA) is 63.7 Å². The highest BCUT2D eigenvalue weighted by molar-refractivity contribution is 6.29. The summed E-state index contributed by atoms with van der Waals surface area (Å²) in [4.78, 5) is 32.0. The maximum Gasteiger partial charge on any atom is 0.430 e. The highest BCUT2D eigenvalue weighted by Crippen LogP contribution is 2.10. The van der Waals surface area contributed by atoms with E-state index in [1.54, 1.807) is 30.3 Å². The van der Waals surface area contributed by atoms with Crippen LogP contribution in [-0.2, 0) is 9.59 Å². The van der Waals surface area contributed by atoms with E-state index in [0.29, 0.717) is 10.2 Å². The minimum Gasteiger partial charge on any atom is -0.409 e. The Kier molecular flexibility index (Phi) is 4.47. The molecule has 0 fully saturated rings. The number of hydrogen-bond acceptors (Lipinski definition) is 4. The van der Waals surface area contributed by atoms with Crippen LogP contribution in [0, 0.1) is 0 Å². The molecule has 1 aromatic rings. The number of carbonyl (C=O) groups is 3. The van der Waals surface area contributed by atoms with E-state index in [0.717, 1.165) is 0 Å². The Labute approximate surface area is 96.7 Å². The number of ketones is 1. The molecule has 0 aliphatic carbocycles. The van der Waals surface area contributed by atoms with E-state index in [1.807, 2.05) is 0 Å². The van der Waals surface area contributed by atoms with Gasteiger partial charge in [0.05, 0.1) is 0 Å². The first-order chi connectivity index (χ1) is 7.63. The number of ether oxygens (including phenoxy) is 1. The summed E-state index contributed by atoms with van der Waals surface area (Å²) < 4.78 is 5.31. The number of nitrogens with zero attached hydrogens (tertiary/aromatic N) is 1. The van der Waals surface area contributed by atoms with Crippen molar-refractivity contribution in [3.63, 3.8) is 0 Å². The van der Waals surface area contributed by atoms with Gasteiger partial charge in [0.1, 0.15) is 12.3 Å². The molecule has 16 heavy (non-hydrogen) atoms. The lowest BCUT2D eigenvalue weighted by atomic mass is 10.3. The maximum absolute atomic E-state index is 11.3. The van der Waals surface area contributed by atoms with Gasteiger partial charge in [-0.3, -0.25) is 9.59 Å². The molecule has 0 aliphatic heterocycles. The van der Waals surface area contributed by atoms with Crippen molar-refractivity contribution in [2.75, 3.05) is 6.54 Å². The van der Waals surface area contributed by atoms with Crippen LogP contribution >= 0.6 is 11.8 Å². The maximum atomic E-state index is 11.3. The number of rotatable bonds is 4. The van der Waals surface area contributed by atoms with Gasteiger partial charge in [0, 0.05) is 11.8 Å². The van der Waals surface area contributed by atoms with Gasteiger partial charge in [-0.15, -0.1) is 0 Å². The first-order valence-electron chi connectivity index (χ1n) is 4.31. The lowest BCUT2D eigenvalue weighted by Crippen LogP contribution is -2.30. The van der Waals surface area contributed by atoms with Crippen molar-refractivity contribution < 1.29 is 19.1 Å². The van der Waals surface area contributed by atoms with Gasteiger partial charge in [-0.05, 0) is 12.1 Å². The van der Waals surface area contributed by atoms with E-state index >= 15 is 0 Å². The van der Waals surface area contributed by atoms with Crippen LogP contribution in [0.4, 0.5) is 4.79 Å². The van der Waals surface area contributed by atoms with Crippen molar-refractivity contribution in [1.82, 2.24) is 4.42 Å². The lowest BCUT2D eigenvalue weighted by molar-refractivity contribution is -0.129. The van der Waals surface area contributed by atoms with Gasteiger partial charge >= 0.3 is 6.09 Å². The molecule has 0 aromatic heterocycles. The van der Waals surface area contributed by atoms with Crippen LogP contribution in [0.1, 0.15) is 0 Å². The predicted octanol–water partition coefficient (Wildman–Crippen LogP) is 1.41. The first kappa shape index (κ1) is 12.2. The summed E-state index contributed by atoms with van der Waals surface area (Å²) >= 11 is 5.43. The van der Waals surface area contributed by atoms with E-state index in [9.17, 15) is 14.4 Å². The SMILES string of the molecule is O=CC(=O)CN(Cl)C(=O)Oc1ccccc1. The van der Waals surface area contributed by atoms with Crippen LogP contribution < -0.4 is 4.74 Å². The third kappa shape index (κ3) is 3.70. The van der Waals surface area contributed by atoms with Crippen LogP contribution in [0.15, 0.2) is 30.3 Å². The van der Waals surface area contributed by atoms with Crippen LogP contribution in [0.25, 0.3) is 0 Å². The fourth-order valence-corrected chi connectivity index (χ4v) is 1.03. The van der Waals surface area contributed by atoms with Crippen molar-refractivity contribution >= 4 is 29.9 Å². The quantitative estimate of drug-likeness (QED) is 0.454. The van der Waals surface area contributed by atoms with Crippen LogP contribution in [-0.4, -0.2) is 29.1 Å². The van der Waals surface area contributed by atoms with Crippen molar-refractivity contribution in [2.24, 2.45) is 0 Å². The van der Waals surface area contributed by atoms with Crippen LogP contribution in [0.5, 0.6) is 5.75 Å². The summed E-state index contributed by atoms with van der Waals surface area (Å²) in [5, 5.41) is 0. The Bertz CT molecular complexity index is 393. The highest BCUT2D eigenvalue weighted by atomic mass is 35.5. The summed E-state index contributed by atoms with van der Waals surface area (Å²) in [6, 6.07) is 8.23. The predicted molar refractivity (Wildman–Crippen MR) is 56.1 cm³/mol. The highest BCUT2D eigenvalue weighted by Gasteiger charge is 2.16. The summed E-state index contributed by atoms with van der Waals surface area (Å²) in [5.74, 6) is -0.503. The Balaban J connectivity index is 2.52. The van der Waals surface area contributed by atoms with Gasteiger partial charge in [0.2, 0.25) is 5.78 Å².